The summed E-state index contributed by atoms with van der Waals surface area (Å²) < 4.78 is 12.2. The van der Waals surface area contributed by atoms with Crippen LogP contribution in [0.5, 0.6) is 5.75 Å². The molecular formula is C22H25Cl2N3O3S. The summed E-state index contributed by atoms with van der Waals surface area (Å²) in [7, 11) is 0. The van der Waals surface area contributed by atoms with E-state index in [1.165, 1.54) is 11.3 Å². The van der Waals surface area contributed by atoms with Crippen molar-refractivity contribution in [2.45, 2.75) is 6.92 Å². The number of fused-ring (bicyclic) bond motifs is 1. The highest BCUT2D eigenvalue weighted by atomic mass is 35.5. The number of nitrogens with zero attached hydrogens (tertiary/aromatic N) is 3. The third-order valence-corrected chi connectivity index (χ3v) is 6.36. The molecule has 0 radical (unpaired) electrons. The van der Waals surface area contributed by atoms with Crippen LogP contribution in [-0.4, -0.2) is 61.8 Å². The molecule has 0 saturated carbocycles. The monoisotopic (exact) mass is 481 g/mol. The fourth-order valence-corrected chi connectivity index (χ4v) is 4.55. The summed E-state index contributed by atoms with van der Waals surface area (Å²) in [4.78, 5) is 21.9. The molecule has 0 aliphatic carbocycles. The summed E-state index contributed by atoms with van der Waals surface area (Å²) in [6.07, 6.45) is 0. The number of hydrogen-bond acceptors (Lipinski definition) is 6. The Morgan fingerprint density at radius 1 is 1.23 bits per heavy atom. The van der Waals surface area contributed by atoms with Gasteiger partial charge in [0.1, 0.15) is 5.75 Å². The zero-order valence-electron chi connectivity index (χ0n) is 17.3. The summed E-state index contributed by atoms with van der Waals surface area (Å²) in [6.45, 7) is 6.52. The average molecular weight is 482 g/mol. The van der Waals surface area contributed by atoms with E-state index in [1.807, 2.05) is 25.1 Å². The zero-order chi connectivity index (χ0) is 20.9. The highest BCUT2D eigenvalue weighted by molar-refractivity contribution is 7.22. The lowest BCUT2D eigenvalue weighted by Gasteiger charge is -2.29. The van der Waals surface area contributed by atoms with Crippen molar-refractivity contribution in [2.75, 3.05) is 50.9 Å². The van der Waals surface area contributed by atoms with Crippen molar-refractivity contribution in [2.24, 2.45) is 0 Å². The van der Waals surface area contributed by atoms with Crippen LogP contribution in [0.3, 0.4) is 0 Å². The smallest absolute Gasteiger partial charge is 0.266 e. The molecule has 0 spiro atoms. The van der Waals surface area contributed by atoms with Crippen molar-refractivity contribution in [3.63, 3.8) is 0 Å². The lowest BCUT2D eigenvalue weighted by Crippen LogP contribution is -2.44. The van der Waals surface area contributed by atoms with E-state index < -0.39 is 0 Å². The minimum absolute atomic E-state index is 0. The Labute approximate surface area is 197 Å². The van der Waals surface area contributed by atoms with Gasteiger partial charge in [-0.15, -0.1) is 12.4 Å². The van der Waals surface area contributed by atoms with Crippen LogP contribution in [0.15, 0.2) is 42.5 Å². The number of para-hydroxylation sites is 1. The lowest BCUT2D eigenvalue weighted by atomic mass is 10.2. The second-order valence-corrected chi connectivity index (χ2v) is 8.61. The molecule has 1 aromatic heterocycles. The number of aromatic nitrogens is 1. The number of aryl methyl sites for hydroxylation is 1. The van der Waals surface area contributed by atoms with Gasteiger partial charge in [-0.3, -0.25) is 14.6 Å². The van der Waals surface area contributed by atoms with E-state index in [4.69, 9.17) is 26.1 Å². The maximum atomic E-state index is 13.1. The van der Waals surface area contributed by atoms with Gasteiger partial charge >= 0.3 is 0 Å². The van der Waals surface area contributed by atoms with E-state index in [1.54, 1.807) is 29.2 Å². The molecule has 1 aliphatic heterocycles. The number of benzene rings is 2. The van der Waals surface area contributed by atoms with Gasteiger partial charge in [-0.2, -0.15) is 0 Å². The highest BCUT2D eigenvalue weighted by Crippen LogP contribution is 2.30. The van der Waals surface area contributed by atoms with Gasteiger partial charge in [-0.1, -0.05) is 35.1 Å². The molecule has 1 saturated heterocycles. The number of halogens is 2. The number of rotatable bonds is 7. The SMILES string of the molecule is Cc1cccc2sc(N(CCN3CCOCC3)C(=O)COc3ccc(Cl)cc3)nc12.Cl. The Kier molecular flexibility index (Phi) is 8.51. The van der Waals surface area contributed by atoms with E-state index in [-0.39, 0.29) is 24.9 Å². The fraction of sp³-hybridized carbons (Fsp3) is 0.364. The van der Waals surface area contributed by atoms with Crippen molar-refractivity contribution in [1.29, 1.82) is 0 Å². The minimum atomic E-state index is -0.116. The molecule has 4 rings (SSSR count). The maximum Gasteiger partial charge on any atom is 0.266 e. The molecule has 31 heavy (non-hydrogen) atoms. The van der Waals surface area contributed by atoms with Crippen LogP contribution in [0.1, 0.15) is 5.56 Å². The molecule has 3 aromatic rings. The average Bonchev–Trinajstić information content (AvgIpc) is 3.19. The number of carbonyl (C=O) groups excluding carboxylic acids is 1. The van der Waals surface area contributed by atoms with Gasteiger partial charge in [0, 0.05) is 31.2 Å². The largest absolute Gasteiger partial charge is 0.484 e. The quantitative estimate of drug-likeness (QED) is 0.499. The van der Waals surface area contributed by atoms with Gasteiger partial charge in [-0.25, -0.2) is 4.98 Å². The van der Waals surface area contributed by atoms with Gasteiger partial charge in [0.05, 0.1) is 23.4 Å². The van der Waals surface area contributed by atoms with E-state index in [0.29, 0.717) is 22.4 Å². The summed E-state index contributed by atoms with van der Waals surface area (Å²) in [6, 6.07) is 13.1. The zero-order valence-corrected chi connectivity index (χ0v) is 19.6. The first-order valence-corrected chi connectivity index (χ1v) is 11.1. The second kappa shape index (κ2) is 11.1. The topological polar surface area (TPSA) is 54.9 Å². The molecule has 0 bridgehead atoms. The van der Waals surface area contributed by atoms with Gasteiger partial charge in [0.15, 0.2) is 11.7 Å². The lowest BCUT2D eigenvalue weighted by molar-refractivity contribution is -0.120. The highest BCUT2D eigenvalue weighted by Gasteiger charge is 2.22. The predicted octanol–water partition coefficient (Wildman–Crippen LogP) is 4.42. The molecule has 6 nitrogen and oxygen atoms in total. The van der Waals surface area contributed by atoms with E-state index in [9.17, 15) is 4.79 Å². The van der Waals surface area contributed by atoms with Gasteiger partial charge in [-0.05, 0) is 42.8 Å². The molecule has 166 valence electrons. The Bertz CT molecular complexity index is 1010. The number of hydrogen-bond donors (Lipinski definition) is 0. The molecule has 9 heteroatoms. The predicted molar refractivity (Wildman–Crippen MR) is 128 cm³/mol. The minimum Gasteiger partial charge on any atom is -0.484 e. The summed E-state index contributed by atoms with van der Waals surface area (Å²) >= 11 is 7.46. The number of amides is 1. The number of morpholine rings is 1. The first kappa shape index (κ1) is 23.8. The van der Waals surface area contributed by atoms with Crippen molar-refractivity contribution < 1.29 is 14.3 Å². The Hall–Kier alpha value is -1.90. The maximum absolute atomic E-state index is 13.1. The number of anilines is 1. The molecule has 2 heterocycles. The van der Waals surface area contributed by atoms with E-state index in [2.05, 4.69) is 4.90 Å². The van der Waals surface area contributed by atoms with Gasteiger partial charge < -0.3 is 9.47 Å². The second-order valence-electron chi connectivity index (χ2n) is 7.16. The third-order valence-electron chi connectivity index (χ3n) is 5.06. The molecule has 1 amide bonds. The number of carbonyl (C=O) groups is 1. The number of ether oxygens (including phenoxy) is 2. The van der Waals surface area contributed by atoms with Crippen LogP contribution in [0.25, 0.3) is 10.2 Å². The molecule has 0 unspecified atom stereocenters. The third kappa shape index (κ3) is 6.08. The molecule has 1 aliphatic rings. The standard InChI is InChI=1S/C22H24ClN3O3S.ClH/c1-16-3-2-4-19-21(16)24-22(30-19)26(10-9-25-11-13-28-14-12-25)20(27)15-29-18-7-5-17(23)6-8-18;/h2-8H,9-15H2,1H3;1H. The Morgan fingerprint density at radius 3 is 2.68 bits per heavy atom. The first-order valence-electron chi connectivity index (χ1n) is 9.95. The normalized spacial score (nSPS) is 14.3. The van der Waals surface area contributed by atoms with Gasteiger partial charge in [0.25, 0.3) is 5.91 Å². The molecular weight excluding hydrogens is 457 g/mol. The summed E-state index contributed by atoms with van der Waals surface area (Å²) in [5, 5.41) is 1.34. The van der Waals surface area contributed by atoms with Crippen LogP contribution < -0.4 is 9.64 Å². The van der Waals surface area contributed by atoms with Crippen molar-refractivity contribution in [3.05, 3.63) is 53.1 Å². The van der Waals surface area contributed by atoms with Crippen LogP contribution >= 0.6 is 35.3 Å². The van der Waals surface area contributed by atoms with E-state index >= 15 is 0 Å². The van der Waals surface area contributed by atoms with Crippen LogP contribution in [-0.2, 0) is 9.53 Å². The first-order chi connectivity index (χ1) is 14.6. The van der Waals surface area contributed by atoms with Crippen molar-refractivity contribution >= 4 is 56.6 Å². The fourth-order valence-electron chi connectivity index (χ4n) is 3.34. The summed E-state index contributed by atoms with van der Waals surface area (Å²) in [5.74, 6) is 0.496. The van der Waals surface area contributed by atoms with E-state index in [0.717, 1.165) is 48.6 Å². The summed E-state index contributed by atoms with van der Waals surface area (Å²) in [5.41, 5.74) is 2.05. The molecule has 0 N–H and O–H groups in total. The van der Waals surface area contributed by atoms with Gasteiger partial charge in [0.2, 0.25) is 0 Å². The number of thiazole rings is 1. The Balaban J connectivity index is 0.00000272. The molecule has 1 fully saturated rings. The van der Waals surface area contributed by atoms with Crippen LogP contribution in [0, 0.1) is 6.92 Å². The van der Waals surface area contributed by atoms with Crippen LogP contribution in [0.4, 0.5) is 5.13 Å². The van der Waals surface area contributed by atoms with Crippen molar-refractivity contribution in [1.82, 2.24) is 9.88 Å². The molecule has 2 aromatic carbocycles. The molecule has 0 atom stereocenters. The van der Waals surface area contributed by atoms with Crippen LogP contribution in [0.2, 0.25) is 5.02 Å². The Morgan fingerprint density at radius 2 is 1.97 bits per heavy atom. The van der Waals surface area contributed by atoms with Crippen molar-refractivity contribution in [3.8, 4) is 5.75 Å².